The second-order valence-corrected chi connectivity index (χ2v) is 6.96. The Balaban J connectivity index is 1.86. The minimum absolute atomic E-state index is 0.0816. The predicted octanol–water partition coefficient (Wildman–Crippen LogP) is 1.94. The van der Waals surface area contributed by atoms with Crippen molar-refractivity contribution in [2.24, 2.45) is 0 Å². The van der Waals surface area contributed by atoms with Crippen LogP contribution in [0.25, 0.3) is 21.8 Å². The molecule has 0 saturated carbocycles. The number of hydrogen-bond donors (Lipinski definition) is 1. The van der Waals surface area contributed by atoms with Gasteiger partial charge in [-0.05, 0) is 19.1 Å². The number of pyridine rings is 1. The molecule has 2 amide bonds. The maximum absolute atomic E-state index is 13.2. The van der Waals surface area contributed by atoms with Crippen molar-refractivity contribution in [3.63, 3.8) is 0 Å². The first kappa shape index (κ1) is 19.6. The molecule has 3 aromatic rings. The zero-order chi connectivity index (χ0) is 21.3. The van der Waals surface area contributed by atoms with Crippen molar-refractivity contribution in [3.05, 3.63) is 54.9 Å². The van der Waals surface area contributed by atoms with Crippen LogP contribution >= 0.6 is 0 Å². The van der Waals surface area contributed by atoms with Gasteiger partial charge in [0.25, 0.3) is 0 Å². The molecular formula is C22H22N4O4. The van der Waals surface area contributed by atoms with Crippen molar-refractivity contribution in [1.82, 2.24) is 19.8 Å². The second-order valence-electron chi connectivity index (χ2n) is 6.96. The summed E-state index contributed by atoms with van der Waals surface area (Å²) < 4.78 is 6.79. The highest BCUT2D eigenvalue weighted by Crippen LogP contribution is 2.36. The summed E-state index contributed by atoms with van der Waals surface area (Å²) in [7, 11) is 0. The van der Waals surface area contributed by atoms with Crippen LogP contribution in [0.1, 0.15) is 18.7 Å². The largest absolute Gasteiger partial charge is 0.465 e. The average Bonchev–Trinajstić information content (AvgIpc) is 2.99. The third-order valence-corrected chi connectivity index (χ3v) is 5.18. The lowest BCUT2D eigenvalue weighted by atomic mass is 10.1. The molecule has 154 valence electrons. The van der Waals surface area contributed by atoms with Crippen LogP contribution in [0.5, 0.6) is 0 Å². The van der Waals surface area contributed by atoms with E-state index < -0.39 is 17.9 Å². The summed E-state index contributed by atoms with van der Waals surface area (Å²) in [4.78, 5) is 44.0. The normalized spacial score (nSPS) is 15.8. The highest BCUT2D eigenvalue weighted by atomic mass is 16.5. The molecule has 1 aromatic carbocycles. The number of ether oxygens (including phenoxy) is 1. The van der Waals surface area contributed by atoms with Gasteiger partial charge in [-0.25, -0.2) is 0 Å². The van der Waals surface area contributed by atoms with E-state index in [2.05, 4.69) is 16.9 Å². The Kier molecular flexibility index (Phi) is 5.22. The first-order valence-electron chi connectivity index (χ1n) is 9.76. The average molecular weight is 406 g/mol. The van der Waals surface area contributed by atoms with E-state index in [1.807, 2.05) is 34.9 Å². The Bertz CT molecular complexity index is 1170. The molecule has 4 rings (SSSR count). The summed E-state index contributed by atoms with van der Waals surface area (Å²) in [6, 6.07) is 8.69. The van der Waals surface area contributed by atoms with Gasteiger partial charge in [0, 0.05) is 29.0 Å². The van der Waals surface area contributed by atoms with E-state index in [0.717, 1.165) is 21.8 Å². The van der Waals surface area contributed by atoms with Gasteiger partial charge in [0.1, 0.15) is 13.1 Å². The summed E-state index contributed by atoms with van der Waals surface area (Å²) >= 11 is 0. The minimum atomic E-state index is -0.987. The molecule has 1 N–H and O–H groups in total. The topological polar surface area (TPSA) is 93.5 Å². The Labute approximate surface area is 173 Å². The first-order chi connectivity index (χ1) is 14.6. The first-order valence-corrected chi connectivity index (χ1v) is 9.76. The fourth-order valence-electron chi connectivity index (χ4n) is 3.99. The summed E-state index contributed by atoms with van der Waals surface area (Å²) in [5.41, 5.74) is 2.12. The van der Waals surface area contributed by atoms with Gasteiger partial charge in [0.05, 0.1) is 17.8 Å². The van der Waals surface area contributed by atoms with Crippen LogP contribution in [0.2, 0.25) is 0 Å². The quantitative estimate of drug-likeness (QED) is 0.499. The number of para-hydroxylation sites is 1. The molecule has 1 aliphatic heterocycles. The molecule has 8 heteroatoms. The Morgan fingerprint density at radius 2 is 2.10 bits per heavy atom. The van der Waals surface area contributed by atoms with Gasteiger partial charge >= 0.3 is 5.97 Å². The molecule has 1 aliphatic rings. The fourth-order valence-corrected chi connectivity index (χ4v) is 3.99. The van der Waals surface area contributed by atoms with Gasteiger partial charge in [-0.1, -0.05) is 24.3 Å². The summed E-state index contributed by atoms with van der Waals surface area (Å²) in [5, 5.41) is 4.51. The summed E-state index contributed by atoms with van der Waals surface area (Å²) in [5.74, 6) is -1.26. The standard InChI is InChI=1S/C22H22N4O4/c1-3-11-25-17(27)13-26-16-8-6-5-7-14(16)15-9-10-23-19(20(15)26)21(25)22(29)24-12-18(28)30-4-2/h3,5-10,21H,1,4,11-13H2,2H3,(H,24,29). The monoisotopic (exact) mass is 406 g/mol. The van der Waals surface area contributed by atoms with Gasteiger partial charge in [-0.3, -0.25) is 19.4 Å². The molecule has 0 spiro atoms. The molecule has 1 atom stereocenters. The number of nitrogens with zero attached hydrogens (tertiary/aromatic N) is 3. The van der Waals surface area contributed by atoms with Crippen LogP contribution in [-0.4, -0.2) is 51.9 Å². The lowest BCUT2D eigenvalue weighted by Gasteiger charge is -2.28. The van der Waals surface area contributed by atoms with Crippen LogP contribution in [0.4, 0.5) is 0 Å². The predicted molar refractivity (Wildman–Crippen MR) is 112 cm³/mol. The molecule has 0 radical (unpaired) electrons. The van der Waals surface area contributed by atoms with Gasteiger partial charge in [0.2, 0.25) is 11.8 Å². The third-order valence-electron chi connectivity index (χ3n) is 5.18. The van der Waals surface area contributed by atoms with Crippen LogP contribution in [0, 0.1) is 0 Å². The number of fused-ring (bicyclic) bond motifs is 3. The maximum Gasteiger partial charge on any atom is 0.325 e. The number of carbonyl (C=O) groups is 3. The van der Waals surface area contributed by atoms with Crippen molar-refractivity contribution in [1.29, 1.82) is 0 Å². The molecule has 0 saturated heterocycles. The molecule has 2 aromatic heterocycles. The minimum Gasteiger partial charge on any atom is -0.465 e. The van der Waals surface area contributed by atoms with Crippen molar-refractivity contribution >= 4 is 39.6 Å². The molecular weight excluding hydrogens is 384 g/mol. The molecule has 0 aliphatic carbocycles. The van der Waals surface area contributed by atoms with E-state index in [9.17, 15) is 14.4 Å². The fraction of sp³-hybridized carbons (Fsp3) is 0.273. The highest BCUT2D eigenvalue weighted by Gasteiger charge is 2.37. The lowest BCUT2D eigenvalue weighted by Crippen LogP contribution is -2.45. The molecule has 8 nitrogen and oxygen atoms in total. The molecule has 30 heavy (non-hydrogen) atoms. The number of rotatable bonds is 6. The summed E-state index contributed by atoms with van der Waals surface area (Å²) in [6.45, 7) is 5.62. The molecule has 0 fully saturated rings. The van der Waals surface area contributed by atoms with E-state index in [-0.39, 0.29) is 32.1 Å². The van der Waals surface area contributed by atoms with Crippen LogP contribution < -0.4 is 5.32 Å². The SMILES string of the molecule is C=CCN1C(=O)Cn2c3ccccc3c3ccnc(c32)C1C(=O)NCC(=O)OCC. The number of nitrogens with one attached hydrogen (secondary N) is 1. The van der Waals surface area contributed by atoms with Crippen LogP contribution in [0.3, 0.4) is 0 Å². The van der Waals surface area contributed by atoms with E-state index in [4.69, 9.17) is 4.74 Å². The van der Waals surface area contributed by atoms with E-state index in [0.29, 0.717) is 5.69 Å². The maximum atomic E-state index is 13.2. The number of esters is 1. The van der Waals surface area contributed by atoms with Crippen LogP contribution in [0.15, 0.2) is 49.2 Å². The van der Waals surface area contributed by atoms with Crippen molar-refractivity contribution < 1.29 is 19.1 Å². The van der Waals surface area contributed by atoms with E-state index in [1.165, 1.54) is 4.90 Å². The number of benzene rings is 1. The molecule has 0 bridgehead atoms. The van der Waals surface area contributed by atoms with Crippen LogP contribution in [-0.2, 0) is 25.7 Å². The lowest BCUT2D eigenvalue weighted by molar-refractivity contribution is -0.145. The Morgan fingerprint density at radius 3 is 2.87 bits per heavy atom. The van der Waals surface area contributed by atoms with Gasteiger partial charge < -0.3 is 19.5 Å². The third kappa shape index (κ3) is 3.20. The smallest absolute Gasteiger partial charge is 0.325 e. The number of aromatic nitrogens is 2. The van der Waals surface area contributed by atoms with Crippen molar-refractivity contribution in [2.45, 2.75) is 19.5 Å². The van der Waals surface area contributed by atoms with Crippen molar-refractivity contribution in [3.8, 4) is 0 Å². The molecule has 1 unspecified atom stereocenters. The Hall–Kier alpha value is -3.68. The van der Waals surface area contributed by atoms with Gasteiger partial charge in [-0.15, -0.1) is 6.58 Å². The van der Waals surface area contributed by atoms with Gasteiger partial charge in [0.15, 0.2) is 6.04 Å². The van der Waals surface area contributed by atoms with Gasteiger partial charge in [-0.2, -0.15) is 0 Å². The number of carbonyl (C=O) groups excluding carboxylic acids is 3. The zero-order valence-electron chi connectivity index (χ0n) is 16.6. The number of amides is 2. The van der Waals surface area contributed by atoms with E-state index in [1.54, 1.807) is 19.2 Å². The zero-order valence-corrected chi connectivity index (χ0v) is 16.6. The number of hydrogen-bond acceptors (Lipinski definition) is 5. The summed E-state index contributed by atoms with van der Waals surface area (Å²) in [6.07, 6.45) is 3.21. The molecule has 3 heterocycles. The highest BCUT2D eigenvalue weighted by molar-refractivity contribution is 6.11. The van der Waals surface area contributed by atoms with Crippen molar-refractivity contribution in [2.75, 3.05) is 19.7 Å². The second kappa shape index (κ2) is 7.98. The van der Waals surface area contributed by atoms with E-state index >= 15 is 0 Å². The Morgan fingerprint density at radius 1 is 1.30 bits per heavy atom.